The topological polar surface area (TPSA) is 113 Å². The van der Waals surface area contributed by atoms with E-state index in [0.29, 0.717) is 30.4 Å². The van der Waals surface area contributed by atoms with Crippen LogP contribution in [0.3, 0.4) is 0 Å². The second-order valence-electron chi connectivity index (χ2n) is 4.19. The first-order valence-corrected chi connectivity index (χ1v) is 7.86. The molecule has 2 aromatic heterocycles. The van der Waals surface area contributed by atoms with Crippen LogP contribution in [0.4, 0.5) is 11.8 Å². The number of aromatic nitrogens is 4. The maximum atomic E-state index is 11.0. The molecule has 8 nitrogen and oxygen atoms in total. The van der Waals surface area contributed by atoms with Gasteiger partial charge in [0.05, 0.1) is 17.3 Å². The average molecular weight is 284 g/mol. The SMILES string of the molecule is CNc1nc(NCCCS(C)(=O)=O)c2cn[nH]c2n1. The van der Waals surface area contributed by atoms with Crippen molar-refractivity contribution >= 4 is 32.6 Å². The van der Waals surface area contributed by atoms with Crippen LogP contribution in [0.5, 0.6) is 0 Å². The Balaban J connectivity index is 2.09. The van der Waals surface area contributed by atoms with E-state index >= 15 is 0 Å². The van der Waals surface area contributed by atoms with Gasteiger partial charge in [0.25, 0.3) is 0 Å². The van der Waals surface area contributed by atoms with Crippen LogP contribution in [0.15, 0.2) is 6.20 Å². The number of anilines is 2. The molecule has 9 heteroatoms. The normalized spacial score (nSPS) is 11.7. The molecular weight excluding hydrogens is 268 g/mol. The van der Waals surface area contributed by atoms with Gasteiger partial charge in [-0.1, -0.05) is 0 Å². The van der Waals surface area contributed by atoms with Crippen molar-refractivity contribution in [1.29, 1.82) is 0 Å². The molecule has 0 fully saturated rings. The number of nitrogens with zero attached hydrogens (tertiary/aromatic N) is 3. The summed E-state index contributed by atoms with van der Waals surface area (Å²) in [7, 11) is -1.20. The van der Waals surface area contributed by atoms with Crippen molar-refractivity contribution in [3.8, 4) is 0 Å². The molecule has 0 amide bonds. The van der Waals surface area contributed by atoms with Crippen LogP contribution >= 0.6 is 0 Å². The molecule has 2 rings (SSSR count). The molecule has 0 spiro atoms. The van der Waals surface area contributed by atoms with Crippen molar-refractivity contribution in [3.05, 3.63) is 6.20 Å². The highest BCUT2D eigenvalue weighted by atomic mass is 32.2. The fourth-order valence-corrected chi connectivity index (χ4v) is 2.29. The lowest BCUT2D eigenvalue weighted by Gasteiger charge is -2.07. The van der Waals surface area contributed by atoms with E-state index in [-0.39, 0.29) is 5.75 Å². The molecule has 0 bridgehead atoms. The summed E-state index contributed by atoms with van der Waals surface area (Å²) in [5, 5.41) is 13.4. The Morgan fingerprint density at radius 3 is 2.84 bits per heavy atom. The Hall–Kier alpha value is -1.90. The lowest BCUT2D eigenvalue weighted by Crippen LogP contribution is -2.11. The lowest BCUT2D eigenvalue weighted by molar-refractivity contribution is 0.600. The zero-order chi connectivity index (χ0) is 13.9. The molecule has 0 aliphatic heterocycles. The molecule has 0 aliphatic rings. The third-order valence-electron chi connectivity index (χ3n) is 2.52. The third kappa shape index (κ3) is 3.53. The fraction of sp³-hybridized carbons (Fsp3) is 0.500. The number of rotatable bonds is 6. The second-order valence-corrected chi connectivity index (χ2v) is 6.45. The lowest BCUT2D eigenvalue weighted by atomic mass is 10.4. The summed E-state index contributed by atoms with van der Waals surface area (Å²) in [6.07, 6.45) is 3.38. The molecule has 2 heterocycles. The number of sulfone groups is 1. The van der Waals surface area contributed by atoms with E-state index in [2.05, 4.69) is 30.8 Å². The Kier molecular flexibility index (Phi) is 3.84. The van der Waals surface area contributed by atoms with E-state index in [1.807, 2.05) is 0 Å². The van der Waals surface area contributed by atoms with E-state index in [0.717, 1.165) is 5.39 Å². The minimum Gasteiger partial charge on any atom is -0.369 e. The molecule has 2 aromatic rings. The predicted octanol–water partition coefficient (Wildman–Crippen LogP) is 0.241. The molecule has 0 radical (unpaired) electrons. The first-order chi connectivity index (χ1) is 8.99. The van der Waals surface area contributed by atoms with Gasteiger partial charge in [0.1, 0.15) is 15.7 Å². The molecule has 19 heavy (non-hydrogen) atoms. The number of hydrogen-bond acceptors (Lipinski definition) is 7. The number of aromatic amines is 1. The standard InChI is InChI=1S/C10H16N6O2S/c1-11-10-14-8(7-6-13-16-9(7)15-10)12-4-3-5-19(2,17)18/h6H,3-5H2,1-2H3,(H3,11,12,13,14,15,16). The summed E-state index contributed by atoms with van der Waals surface area (Å²) in [4.78, 5) is 8.49. The average Bonchev–Trinajstić information content (AvgIpc) is 2.81. The van der Waals surface area contributed by atoms with E-state index in [9.17, 15) is 8.42 Å². The zero-order valence-corrected chi connectivity index (χ0v) is 11.6. The van der Waals surface area contributed by atoms with Crippen LogP contribution in [0, 0.1) is 0 Å². The van der Waals surface area contributed by atoms with Gasteiger partial charge in [0, 0.05) is 19.8 Å². The quantitative estimate of drug-likeness (QED) is 0.651. The van der Waals surface area contributed by atoms with Crippen molar-refractivity contribution < 1.29 is 8.42 Å². The summed E-state index contributed by atoms with van der Waals surface area (Å²) < 4.78 is 22.1. The highest BCUT2D eigenvalue weighted by Crippen LogP contribution is 2.19. The van der Waals surface area contributed by atoms with Gasteiger partial charge in [-0.05, 0) is 6.42 Å². The number of nitrogens with one attached hydrogen (secondary N) is 3. The van der Waals surface area contributed by atoms with Crippen LogP contribution in [-0.4, -0.2) is 54.2 Å². The maximum Gasteiger partial charge on any atom is 0.226 e. The minimum absolute atomic E-state index is 0.151. The zero-order valence-electron chi connectivity index (χ0n) is 10.8. The summed E-state index contributed by atoms with van der Waals surface area (Å²) in [5.74, 6) is 1.26. The van der Waals surface area contributed by atoms with Crippen molar-refractivity contribution in [2.45, 2.75) is 6.42 Å². The monoisotopic (exact) mass is 284 g/mol. The number of hydrogen-bond donors (Lipinski definition) is 3. The molecule has 104 valence electrons. The fourth-order valence-electron chi connectivity index (χ4n) is 1.62. The third-order valence-corrected chi connectivity index (χ3v) is 3.55. The van der Waals surface area contributed by atoms with Gasteiger partial charge in [-0.2, -0.15) is 15.1 Å². The molecular formula is C10H16N6O2S. The Labute approximate surface area is 110 Å². The van der Waals surface area contributed by atoms with Crippen LogP contribution in [0.2, 0.25) is 0 Å². The molecule has 0 aromatic carbocycles. The van der Waals surface area contributed by atoms with Gasteiger partial charge >= 0.3 is 0 Å². The predicted molar refractivity (Wildman–Crippen MR) is 74.0 cm³/mol. The van der Waals surface area contributed by atoms with E-state index in [1.165, 1.54) is 6.26 Å². The summed E-state index contributed by atoms with van der Waals surface area (Å²) in [6, 6.07) is 0. The van der Waals surface area contributed by atoms with Gasteiger partial charge in [0.15, 0.2) is 5.65 Å². The smallest absolute Gasteiger partial charge is 0.226 e. The minimum atomic E-state index is -2.93. The van der Waals surface area contributed by atoms with Crippen molar-refractivity contribution in [2.24, 2.45) is 0 Å². The summed E-state index contributed by atoms with van der Waals surface area (Å²) in [6.45, 7) is 0.521. The Morgan fingerprint density at radius 2 is 2.16 bits per heavy atom. The van der Waals surface area contributed by atoms with Gasteiger partial charge in [0.2, 0.25) is 5.95 Å². The van der Waals surface area contributed by atoms with Gasteiger partial charge < -0.3 is 10.6 Å². The Bertz CT molecular complexity index is 666. The Morgan fingerprint density at radius 1 is 1.37 bits per heavy atom. The van der Waals surface area contributed by atoms with E-state index in [4.69, 9.17) is 0 Å². The maximum absolute atomic E-state index is 11.0. The summed E-state index contributed by atoms with van der Waals surface area (Å²) in [5.41, 5.74) is 0.630. The molecule has 0 saturated carbocycles. The van der Waals surface area contributed by atoms with Gasteiger partial charge in [-0.3, -0.25) is 5.10 Å². The molecule has 0 aliphatic carbocycles. The molecule has 0 unspecified atom stereocenters. The highest BCUT2D eigenvalue weighted by molar-refractivity contribution is 7.90. The van der Waals surface area contributed by atoms with Gasteiger partial charge in [-0.15, -0.1) is 0 Å². The highest BCUT2D eigenvalue weighted by Gasteiger charge is 2.08. The molecule has 0 saturated heterocycles. The van der Waals surface area contributed by atoms with E-state index in [1.54, 1.807) is 13.2 Å². The first kappa shape index (κ1) is 13.5. The van der Waals surface area contributed by atoms with Crippen LogP contribution in [0.1, 0.15) is 6.42 Å². The number of H-pyrrole nitrogens is 1. The van der Waals surface area contributed by atoms with Crippen LogP contribution in [-0.2, 0) is 9.84 Å². The van der Waals surface area contributed by atoms with Crippen molar-refractivity contribution in [2.75, 3.05) is 36.2 Å². The molecule has 3 N–H and O–H groups in total. The number of fused-ring (bicyclic) bond motifs is 1. The van der Waals surface area contributed by atoms with Crippen molar-refractivity contribution in [1.82, 2.24) is 20.2 Å². The second kappa shape index (κ2) is 5.39. The first-order valence-electron chi connectivity index (χ1n) is 5.80. The van der Waals surface area contributed by atoms with Crippen LogP contribution < -0.4 is 10.6 Å². The largest absolute Gasteiger partial charge is 0.369 e. The van der Waals surface area contributed by atoms with Crippen molar-refractivity contribution in [3.63, 3.8) is 0 Å². The molecule has 0 atom stereocenters. The van der Waals surface area contributed by atoms with E-state index < -0.39 is 9.84 Å². The summed E-state index contributed by atoms with van der Waals surface area (Å²) >= 11 is 0. The van der Waals surface area contributed by atoms with Gasteiger partial charge in [-0.25, -0.2) is 8.42 Å². The van der Waals surface area contributed by atoms with Crippen LogP contribution in [0.25, 0.3) is 11.0 Å².